The highest BCUT2D eigenvalue weighted by molar-refractivity contribution is 5.69. The maximum atomic E-state index is 13.8. The van der Waals surface area contributed by atoms with Crippen LogP contribution in [0.3, 0.4) is 0 Å². The van der Waals surface area contributed by atoms with Crippen LogP contribution < -0.4 is 15.8 Å². The molecule has 1 atom stereocenters. The fourth-order valence-corrected chi connectivity index (χ4v) is 2.80. The molecule has 3 nitrogen and oxygen atoms in total. The van der Waals surface area contributed by atoms with Gasteiger partial charge in [-0.1, -0.05) is 20.8 Å². The third-order valence-electron chi connectivity index (χ3n) is 3.89. The summed E-state index contributed by atoms with van der Waals surface area (Å²) in [4.78, 5) is 0. The zero-order chi connectivity index (χ0) is 14.8. The molecule has 0 aromatic heterocycles. The molecule has 0 radical (unpaired) electrons. The molecular weight excluding hydrogens is 255 g/mol. The van der Waals surface area contributed by atoms with Crippen molar-refractivity contribution < 1.29 is 9.13 Å². The van der Waals surface area contributed by atoms with Crippen LogP contribution in [-0.2, 0) is 0 Å². The molecule has 0 saturated heterocycles. The number of hydrogen-bond acceptors (Lipinski definition) is 3. The van der Waals surface area contributed by atoms with E-state index in [4.69, 9.17) is 10.5 Å². The van der Waals surface area contributed by atoms with Gasteiger partial charge in [-0.05, 0) is 31.1 Å². The Morgan fingerprint density at radius 2 is 2.20 bits per heavy atom. The molecule has 1 saturated carbocycles. The van der Waals surface area contributed by atoms with Gasteiger partial charge in [-0.3, -0.25) is 0 Å². The minimum atomic E-state index is -0.395. The van der Waals surface area contributed by atoms with Crippen LogP contribution in [-0.4, -0.2) is 12.6 Å². The maximum Gasteiger partial charge on any atom is 0.167 e. The number of rotatable bonds is 5. The molecule has 2 rings (SSSR count). The van der Waals surface area contributed by atoms with Gasteiger partial charge in [0.25, 0.3) is 0 Å². The average Bonchev–Trinajstić information content (AvgIpc) is 2.71. The fourth-order valence-electron chi connectivity index (χ4n) is 2.80. The SMILES string of the molecule is CCCOc1cc(NC2CCC(C)(C)C2)c(N)cc1F. The van der Waals surface area contributed by atoms with Crippen LogP contribution in [0.5, 0.6) is 5.75 Å². The minimum absolute atomic E-state index is 0.279. The molecule has 0 spiro atoms. The van der Waals surface area contributed by atoms with Crippen LogP contribution in [0.4, 0.5) is 15.8 Å². The molecule has 1 fully saturated rings. The van der Waals surface area contributed by atoms with Crippen molar-refractivity contribution in [2.75, 3.05) is 17.7 Å². The summed E-state index contributed by atoms with van der Waals surface area (Å²) in [5.74, 6) is -0.117. The molecule has 1 aromatic rings. The minimum Gasteiger partial charge on any atom is -0.490 e. The molecule has 3 N–H and O–H groups in total. The standard InChI is InChI=1S/C16H25FN2O/c1-4-7-20-15-9-14(13(18)8-12(15)17)19-11-5-6-16(2,3)10-11/h8-9,11,19H,4-7,10,18H2,1-3H3. The fraction of sp³-hybridized carbons (Fsp3) is 0.625. The van der Waals surface area contributed by atoms with Gasteiger partial charge in [0.15, 0.2) is 11.6 Å². The van der Waals surface area contributed by atoms with Gasteiger partial charge in [-0.25, -0.2) is 4.39 Å². The predicted molar refractivity (Wildman–Crippen MR) is 81.6 cm³/mol. The molecular formula is C16H25FN2O. The van der Waals surface area contributed by atoms with Crippen LogP contribution in [0, 0.1) is 11.2 Å². The van der Waals surface area contributed by atoms with Gasteiger partial charge in [0.1, 0.15) is 0 Å². The Hall–Kier alpha value is -1.45. The van der Waals surface area contributed by atoms with E-state index in [-0.39, 0.29) is 5.75 Å². The van der Waals surface area contributed by atoms with Crippen molar-refractivity contribution in [3.8, 4) is 5.75 Å². The Labute approximate surface area is 120 Å². The van der Waals surface area contributed by atoms with Gasteiger partial charge < -0.3 is 15.8 Å². The van der Waals surface area contributed by atoms with Crippen molar-refractivity contribution in [2.45, 2.75) is 52.5 Å². The Morgan fingerprint density at radius 1 is 1.45 bits per heavy atom. The van der Waals surface area contributed by atoms with E-state index in [1.165, 1.54) is 12.5 Å². The van der Waals surface area contributed by atoms with Crippen molar-refractivity contribution >= 4 is 11.4 Å². The number of benzene rings is 1. The Balaban J connectivity index is 2.11. The van der Waals surface area contributed by atoms with Gasteiger partial charge in [-0.2, -0.15) is 0 Å². The van der Waals surface area contributed by atoms with Gasteiger partial charge in [0.2, 0.25) is 0 Å². The number of nitrogens with two attached hydrogens (primary N) is 1. The van der Waals surface area contributed by atoms with Crippen molar-refractivity contribution in [2.24, 2.45) is 5.41 Å². The van der Waals surface area contributed by atoms with E-state index in [9.17, 15) is 4.39 Å². The predicted octanol–water partition coefficient (Wildman–Crippen LogP) is 4.19. The van der Waals surface area contributed by atoms with Crippen LogP contribution in [0.25, 0.3) is 0 Å². The Morgan fingerprint density at radius 3 is 2.80 bits per heavy atom. The summed E-state index contributed by atoms with van der Waals surface area (Å²) in [6, 6.07) is 3.43. The third kappa shape index (κ3) is 3.56. The monoisotopic (exact) mass is 280 g/mol. The number of hydrogen-bond donors (Lipinski definition) is 2. The lowest BCUT2D eigenvalue weighted by atomic mass is 9.92. The summed E-state index contributed by atoms with van der Waals surface area (Å²) in [6.07, 6.45) is 4.28. The first-order valence-electron chi connectivity index (χ1n) is 7.39. The van der Waals surface area contributed by atoms with E-state index >= 15 is 0 Å². The zero-order valence-corrected chi connectivity index (χ0v) is 12.6. The molecule has 0 amide bonds. The van der Waals surface area contributed by atoms with Gasteiger partial charge in [0.05, 0.1) is 18.0 Å². The van der Waals surface area contributed by atoms with E-state index in [1.54, 1.807) is 6.07 Å². The van der Waals surface area contributed by atoms with E-state index < -0.39 is 5.82 Å². The molecule has 112 valence electrons. The van der Waals surface area contributed by atoms with Crippen LogP contribution in [0.2, 0.25) is 0 Å². The van der Waals surface area contributed by atoms with Gasteiger partial charge >= 0.3 is 0 Å². The lowest BCUT2D eigenvalue weighted by Crippen LogP contribution is -2.18. The highest BCUT2D eigenvalue weighted by Gasteiger charge is 2.31. The highest BCUT2D eigenvalue weighted by Crippen LogP contribution is 2.39. The van der Waals surface area contributed by atoms with Crippen molar-refractivity contribution in [3.63, 3.8) is 0 Å². The number of anilines is 2. The summed E-state index contributed by atoms with van der Waals surface area (Å²) >= 11 is 0. The average molecular weight is 280 g/mol. The lowest BCUT2D eigenvalue weighted by molar-refractivity contribution is 0.301. The van der Waals surface area contributed by atoms with Crippen molar-refractivity contribution in [1.29, 1.82) is 0 Å². The zero-order valence-electron chi connectivity index (χ0n) is 12.6. The first-order valence-corrected chi connectivity index (χ1v) is 7.39. The van der Waals surface area contributed by atoms with Gasteiger partial charge in [-0.15, -0.1) is 0 Å². The van der Waals surface area contributed by atoms with Crippen LogP contribution in [0.15, 0.2) is 12.1 Å². The Kier molecular flexibility index (Phi) is 4.41. The number of ether oxygens (including phenoxy) is 1. The summed E-state index contributed by atoms with van der Waals surface area (Å²) in [6.45, 7) is 7.06. The Bertz CT molecular complexity index is 474. The summed E-state index contributed by atoms with van der Waals surface area (Å²) < 4.78 is 19.2. The highest BCUT2D eigenvalue weighted by atomic mass is 19.1. The molecule has 1 unspecified atom stereocenters. The molecule has 1 aromatic carbocycles. The molecule has 0 bridgehead atoms. The van der Waals surface area contributed by atoms with E-state index in [1.807, 2.05) is 6.92 Å². The number of halogens is 1. The molecule has 0 aliphatic heterocycles. The molecule has 1 aliphatic rings. The molecule has 20 heavy (non-hydrogen) atoms. The normalized spacial score (nSPS) is 20.9. The maximum absolute atomic E-state index is 13.8. The summed E-state index contributed by atoms with van der Waals surface area (Å²) in [5, 5.41) is 3.44. The van der Waals surface area contributed by atoms with E-state index in [0.29, 0.717) is 23.8 Å². The second-order valence-electron chi connectivity index (χ2n) is 6.47. The second kappa shape index (κ2) is 5.90. The van der Waals surface area contributed by atoms with Crippen LogP contribution in [0.1, 0.15) is 46.5 Å². The molecule has 1 aliphatic carbocycles. The third-order valence-corrected chi connectivity index (χ3v) is 3.89. The van der Waals surface area contributed by atoms with Gasteiger partial charge in [0, 0.05) is 18.2 Å². The lowest BCUT2D eigenvalue weighted by Gasteiger charge is -2.20. The molecule has 4 heteroatoms. The summed E-state index contributed by atoms with van der Waals surface area (Å²) in [5.41, 5.74) is 7.49. The van der Waals surface area contributed by atoms with E-state index in [2.05, 4.69) is 19.2 Å². The quantitative estimate of drug-likeness (QED) is 0.795. The van der Waals surface area contributed by atoms with Crippen LogP contribution >= 0.6 is 0 Å². The number of nitrogens with one attached hydrogen (secondary N) is 1. The largest absolute Gasteiger partial charge is 0.490 e. The van der Waals surface area contributed by atoms with Crippen molar-refractivity contribution in [3.05, 3.63) is 17.9 Å². The first-order chi connectivity index (χ1) is 9.41. The molecule has 0 heterocycles. The smallest absolute Gasteiger partial charge is 0.167 e. The van der Waals surface area contributed by atoms with E-state index in [0.717, 1.165) is 24.9 Å². The summed E-state index contributed by atoms with van der Waals surface area (Å²) in [7, 11) is 0. The van der Waals surface area contributed by atoms with Crippen molar-refractivity contribution in [1.82, 2.24) is 0 Å². The number of nitrogen functional groups attached to an aromatic ring is 1. The first kappa shape index (κ1) is 14.9. The second-order valence-corrected chi connectivity index (χ2v) is 6.47. The topological polar surface area (TPSA) is 47.3 Å².